The van der Waals surface area contributed by atoms with Crippen molar-refractivity contribution in [2.75, 3.05) is 5.73 Å². The smallest absolute Gasteiger partial charge is 0.312 e. The standard InChI is InChI=1S/C19H25N3O2/c1-18(2,3)24-16(23)19(4,5)12-13-6-8-14(9-7-13)15-10-11-21-17(20)22-15/h6-11H,12H2,1-5H3,(H2,20,21,22). The molecule has 0 aliphatic heterocycles. The lowest BCUT2D eigenvalue weighted by Gasteiger charge is -2.28. The van der Waals surface area contributed by atoms with E-state index < -0.39 is 11.0 Å². The van der Waals surface area contributed by atoms with Crippen molar-refractivity contribution < 1.29 is 9.53 Å². The van der Waals surface area contributed by atoms with E-state index in [4.69, 9.17) is 10.5 Å². The second-order valence-electron chi connectivity index (χ2n) is 7.56. The number of carbonyl (C=O) groups is 1. The van der Waals surface area contributed by atoms with Crippen molar-refractivity contribution in [3.63, 3.8) is 0 Å². The van der Waals surface area contributed by atoms with E-state index in [1.54, 1.807) is 6.20 Å². The minimum Gasteiger partial charge on any atom is -0.460 e. The van der Waals surface area contributed by atoms with Gasteiger partial charge in [-0.05, 0) is 52.7 Å². The summed E-state index contributed by atoms with van der Waals surface area (Å²) in [6.07, 6.45) is 2.24. The van der Waals surface area contributed by atoms with Gasteiger partial charge in [-0.15, -0.1) is 0 Å². The van der Waals surface area contributed by atoms with Gasteiger partial charge in [-0.25, -0.2) is 9.97 Å². The first-order valence-corrected chi connectivity index (χ1v) is 7.98. The highest BCUT2D eigenvalue weighted by Crippen LogP contribution is 2.27. The Bertz CT molecular complexity index is 716. The normalized spacial score (nSPS) is 12.0. The number of nitrogen functional groups attached to an aromatic ring is 1. The minimum atomic E-state index is -0.589. The lowest BCUT2D eigenvalue weighted by Crippen LogP contribution is -2.35. The summed E-state index contributed by atoms with van der Waals surface area (Å²) >= 11 is 0. The molecule has 0 saturated heterocycles. The molecule has 1 aromatic heterocycles. The molecule has 24 heavy (non-hydrogen) atoms. The third-order valence-corrected chi connectivity index (χ3v) is 3.52. The number of hydrogen-bond donors (Lipinski definition) is 1. The summed E-state index contributed by atoms with van der Waals surface area (Å²) in [6, 6.07) is 9.76. The van der Waals surface area contributed by atoms with Crippen LogP contribution in [-0.2, 0) is 16.0 Å². The van der Waals surface area contributed by atoms with Crippen LogP contribution >= 0.6 is 0 Å². The average Bonchev–Trinajstić information content (AvgIpc) is 2.46. The fourth-order valence-corrected chi connectivity index (χ4v) is 2.33. The second kappa shape index (κ2) is 6.59. The number of anilines is 1. The predicted octanol–water partition coefficient (Wildman–Crippen LogP) is 3.64. The summed E-state index contributed by atoms with van der Waals surface area (Å²) in [5.74, 6) is 0.0605. The van der Waals surface area contributed by atoms with Gasteiger partial charge in [0.05, 0.1) is 11.1 Å². The predicted molar refractivity (Wildman–Crippen MR) is 95.2 cm³/mol. The van der Waals surface area contributed by atoms with Crippen molar-refractivity contribution in [1.29, 1.82) is 0 Å². The monoisotopic (exact) mass is 327 g/mol. The number of rotatable bonds is 4. The highest BCUT2D eigenvalue weighted by molar-refractivity contribution is 5.76. The molecular weight excluding hydrogens is 302 g/mol. The molecule has 1 heterocycles. The van der Waals surface area contributed by atoms with Gasteiger partial charge in [0.25, 0.3) is 0 Å². The van der Waals surface area contributed by atoms with Crippen LogP contribution < -0.4 is 5.73 Å². The number of benzene rings is 1. The molecular formula is C19H25N3O2. The maximum atomic E-state index is 12.4. The fraction of sp³-hybridized carbons (Fsp3) is 0.421. The lowest BCUT2D eigenvalue weighted by molar-refractivity contribution is -0.165. The Morgan fingerprint density at radius 3 is 2.25 bits per heavy atom. The maximum absolute atomic E-state index is 12.4. The van der Waals surface area contributed by atoms with Crippen LogP contribution in [0.4, 0.5) is 5.95 Å². The van der Waals surface area contributed by atoms with E-state index in [-0.39, 0.29) is 11.9 Å². The summed E-state index contributed by atoms with van der Waals surface area (Å²) < 4.78 is 5.51. The Labute approximate surface area is 143 Å². The van der Waals surface area contributed by atoms with Gasteiger partial charge in [0.2, 0.25) is 5.95 Å². The molecule has 0 aliphatic carbocycles. The molecule has 0 amide bonds. The van der Waals surface area contributed by atoms with Crippen LogP contribution in [0.1, 0.15) is 40.2 Å². The summed E-state index contributed by atoms with van der Waals surface area (Å²) in [5.41, 5.74) is 7.35. The van der Waals surface area contributed by atoms with E-state index in [1.165, 1.54) is 0 Å². The molecule has 1 aromatic carbocycles. The molecule has 0 atom stereocenters. The Balaban J connectivity index is 2.12. The molecule has 2 aromatic rings. The SMILES string of the molecule is CC(C)(C)OC(=O)C(C)(C)Cc1ccc(-c2ccnc(N)n2)cc1. The zero-order chi connectivity index (χ0) is 18.0. The lowest BCUT2D eigenvalue weighted by atomic mass is 9.85. The van der Waals surface area contributed by atoms with Crippen LogP contribution in [0.15, 0.2) is 36.5 Å². The van der Waals surface area contributed by atoms with Gasteiger partial charge in [0.15, 0.2) is 0 Å². The topological polar surface area (TPSA) is 78.1 Å². The van der Waals surface area contributed by atoms with E-state index in [2.05, 4.69) is 9.97 Å². The van der Waals surface area contributed by atoms with Crippen molar-refractivity contribution in [2.24, 2.45) is 5.41 Å². The summed E-state index contributed by atoms with van der Waals surface area (Å²) in [5, 5.41) is 0. The van der Waals surface area contributed by atoms with Crippen molar-refractivity contribution in [3.8, 4) is 11.3 Å². The number of carbonyl (C=O) groups excluding carboxylic acids is 1. The van der Waals surface area contributed by atoms with Crippen molar-refractivity contribution >= 4 is 11.9 Å². The largest absolute Gasteiger partial charge is 0.460 e. The molecule has 128 valence electrons. The van der Waals surface area contributed by atoms with Crippen molar-refractivity contribution in [1.82, 2.24) is 9.97 Å². The minimum absolute atomic E-state index is 0.192. The molecule has 2 N–H and O–H groups in total. The first kappa shape index (κ1) is 17.9. The molecule has 2 rings (SSSR count). The summed E-state index contributed by atoms with van der Waals surface area (Å²) in [7, 11) is 0. The molecule has 0 spiro atoms. The van der Waals surface area contributed by atoms with Crippen LogP contribution in [0.25, 0.3) is 11.3 Å². The summed E-state index contributed by atoms with van der Waals surface area (Å²) in [4.78, 5) is 20.5. The van der Waals surface area contributed by atoms with Crippen molar-refractivity contribution in [2.45, 2.75) is 46.6 Å². The first-order chi connectivity index (χ1) is 11.1. The Morgan fingerprint density at radius 2 is 1.71 bits per heavy atom. The number of nitrogens with zero attached hydrogens (tertiary/aromatic N) is 2. The van der Waals surface area contributed by atoms with E-state index in [9.17, 15) is 4.79 Å². The molecule has 0 fully saturated rings. The third-order valence-electron chi connectivity index (χ3n) is 3.52. The van der Waals surface area contributed by atoms with Crippen molar-refractivity contribution in [3.05, 3.63) is 42.1 Å². The first-order valence-electron chi connectivity index (χ1n) is 7.98. The van der Waals surface area contributed by atoms with Gasteiger partial charge in [0.1, 0.15) is 5.60 Å². The van der Waals surface area contributed by atoms with Crippen LogP contribution in [-0.4, -0.2) is 21.5 Å². The van der Waals surface area contributed by atoms with Crippen LogP contribution in [0.5, 0.6) is 0 Å². The van der Waals surface area contributed by atoms with Gasteiger partial charge in [-0.2, -0.15) is 0 Å². The van der Waals surface area contributed by atoms with E-state index >= 15 is 0 Å². The molecule has 0 unspecified atom stereocenters. The number of esters is 1. The second-order valence-corrected chi connectivity index (χ2v) is 7.56. The number of hydrogen-bond acceptors (Lipinski definition) is 5. The molecule has 0 radical (unpaired) electrons. The molecule has 0 aliphatic rings. The van der Waals surface area contributed by atoms with Gasteiger partial charge in [-0.3, -0.25) is 4.79 Å². The highest BCUT2D eigenvalue weighted by atomic mass is 16.6. The van der Waals surface area contributed by atoms with Crippen LogP contribution in [0, 0.1) is 5.41 Å². The average molecular weight is 327 g/mol. The quantitative estimate of drug-likeness (QED) is 0.867. The maximum Gasteiger partial charge on any atom is 0.312 e. The molecule has 0 bridgehead atoms. The Morgan fingerprint density at radius 1 is 1.08 bits per heavy atom. The molecule has 5 heteroatoms. The Hall–Kier alpha value is -2.43. The van der Waals surface area contributed by atoms with E-state index in [0.29, 0.717) is 6.42 Å². The van der Waals surface area contributed by atoms with E-state index in [0.717, 1.165) is 16.8 Å². The third kappa shape index (κ3) is 4.78. The number of aromatic nitrogens is 2. The van der Waals surface area contributed by atoms with Gasteiger partial charge < -0.3 is 10.5 Å². The highest BCUT2D eigenvalue weighted by Gasteiger charge is 2.32. The zero-order valence-electron chi connectivity index (χ0n) is 15.0. The van der Waals surface area contributed by atoms with E-state index in [1.807, 2.05) is 65.0 Å². The zero-order valence-corrected chi connectivity index (χ0v) is 15.0. The molecule has 5 nitrogen and oxygen atoms in total. The number of nitrogens with two attached hydrogens (primary N) is 1. The summed E-state index contributed by atoms with van der Waals surface area (Å²) in [6.45, 7) is 9.44. The van der Waals surface area contributed by atoms with Gasteiger partial charge in [-0.1, -0.05) is 24.3 Å². The van der Waals surface area contributed by atoms with Crippen LogP contribution in [0.3, 0.4) is 0 Å². The van der Waals surface area contributed by atoms with Gasteiger partial charge in [0, 0.05) is 11.8 Å². The molecule has 0 saturated carbocycles. The van der Waals surface area contributed by atoms with Gasteiger partial charge >= 0.3 is 5.97 Å². The Kier molecular flexibility index (Phi) is 4.92. The van der Waals surface area contributed by atoms with Crippen LogP contribution in [0.2, 0.25) is 0 Å². The fourth-order valence-electron chi connectivity index (χ4n) is 2.33. The number of ether oxygens (including phenoxy) is 1.